The Morgan fingerprint density at radius 2 is 1.87 bits per heavy atom. The van der Waals surface area contributed by atoms with Crippen LogP contribution in [-0.4, -0.2) is 23.0 Å². The first-order chi connectivity index (χ1) is 10.8. The van der Waals surface area contributed by atoms with Crippen molar-refractivity contribution in [3.05, 3.63) is 50.7 Å². The maximum atomic E-state index is 13.2. The fraction of sp³-hybridized carbons (Fsp3) is 0.333. The lowest BCUT2D eigenvalue weighted by Gasteiger charge is -2.18. The predicted molar refractivity (Wildman–Crippen MR) is 81.6 cm³/mol. The van der Waals surface area contributed by atoms with Gasteiger partial charge in [0, 0.05) is 18.5 Å². The van der Waals surface area contributed by atoms with E-state index in [2.05, 4.69) is 10.3 Å². The molecule has 23 heavy (non-hydrogen) atoms. The highest BCUT2D eigenvalue weighted by atomic mass is 32.1. The highest BCUT2D eigenvalue weighted by Gasteiger charge is 2.15. The van der Waals surface area contributed by atoms with Crippen LogP contribution in [0.4, 0.5) is 18.0 Å². The van der Waals surface area contributed by atoms with Crippen molar-refractivity contribution in [2.24, 2.45) is 0 Å². The van der Waals surface area contributed by atoms with Crippen molar-refractivity contribution in [3.8, 4) is 0 Å². The van der Waals surface area contributed by atoms with Gasteiger partial charge in [-0.3, -0.25) is 0 Å². The van der Waals surface area contributed by atoms with E-state index in [1.807, 2.05) is 13.8 Å². The molecule has 1 aromatic carbocycles. The molecule has 8 heteroatoms. The molecular weight excluding hydrogens is 327 g/mol. The van der Waals surface area contributed by atoms with Gasteiger partial charge in [-0.15, -0.1) is 11.3 Å². The Balaban J connectivity index is 1.96. The standard InChI is InChI=1S/C15H16F3N3OS/c1-8-13(20-9(2)23-8)6-19-15(22)21(3)7-10-4-11(16)14(18)12(17)5-10/h4-5H,6-7H2,1-3H3,(H,19,22). The summed E-state index contributed by atoms with van der Waals surface area (Å²) in [6.07, 6.45) is 0. The molecular formula is C15H16F3N3OS. The third-order valence-electron chi connectivity index (χ3n) is 3.22. The van der Waals surface area contributed by atoms with E-state index in [1.165, 1.54) is 11.9 Å². The molecule has 0 atom stereocenters. The van der Waals surface area contributed by atoms with Gasteiger partial charge in [0.15, 0.2) is 17.5 Å². The molecule has 2 rings (SSSR count). The summed E-state index contributed by atoms with van der Waals surface area (Å²) >= 11 is 1.54. The van der Waals surface area contributed by atoms with Crippen LogP contribution in [-0.2, 0) is 13.1 Å². The Morgan fingerprint density at radius 3 is 2.39 bits per heavy atom. The molecule has 0 fully saturated rings. The van der Waals surface area contributed by atoms with Crippen LogP contribution in [0.15, 0.2) is 12.1 Å². The number of aryl methyl sites for hydroxylation is 2. The van der Waals surface area contributed by atoms with Crippen LogP contribution in [0.5, 0.6) is 0 Å². The first-order valence-electron chi connectivity index (χ1n) is 6.83. The molecule has 0 aliphatic carbocycles. The number of urea groups is 1. The van der Waals surface area contributed by atoms with Crippen molar-refractivity contribution in [1.82, 2.24) is 15.2 Å². The SMILES string of the molecule is Cc1nc(CNC(=O)N(C)Cc2cc(F)c(F)c(F)c2)c(C)s1. The van der Waals surface area contributed by atoms with Crippen LogP contribution in [0.2, 0.25) is 0 Å². The summed E-state index contributed by atoms with van der Waals surface area (Å²) in [7, 11) is 1.48. The van der Waals surface area contributed by atoms with Gasteiger partial charge in [-0.1, -0.05) is 0 Å². The number of amides is 2. The minimum absolute atomic E-state index is 0.0466. The molecule has 2 aromatic rings. The largest absolute Gasteiger partial charge is 0.332 e. The number of thiazole rings is 1. The van der Waals surface area contributed by atoms with Crippen molar-refractivity contribution in [3.63, 3.8) is 0 Å². The lowest BCUT2D eigenvalue weighted by Crippen LogP contribution is -2.36. The average molecular weight is 343 g/mol. The minimum Gasteiger partial charge on any atom is -0.332 e. The average Bonchev–Trinajstić information content (AvgIpc) is 2.80. The van der Waals surface area contributed by atoms with E-state index in [1.54, 1.807) is 11.3 Å². The highest BCUT2D eigenvalue weighted by molar-refractivity contribution is 7.11. The van der Waals surface area contributed by atoms with Crippen molar-refractivity contribution < 1.29 is 18.0 Å². The molecule has 0 aliphatic heterocycles. The van der Waals surface area contributed by atoms with E-state index in [-0.39, 0.29) is 18.7 Å². The molecule has 1 N–H and O–H groups in total. The Kier molecular flexibility index (Phi) is 5.25. The van der Waals surface area contributed by atoms with E-state index >= 15 is 0 Å². The van der Waals surface area contributed by atoms with Gasteiger partial charge in [0.05, 0.1) is 17.2 Å². The summed E-state index contributed by atoms with van der Waals surface area (Å²) in [5, 5.41) is 3.60. The van der Waals surface area contributed by atoms with E-state index in [9.17, 15) is 18.0 Å². The second-order valence-electron chi connectivity index (χ2n) is 5.12. The fourth-order valence-corrected chi connectivity index (χ4v) is 2.91. The molecule has 2 amide bonds. The number of nitrogens with one attached hydrogen (secondary N) is 1. The lowest BCUT2D eigenvalue weighted by atomic mass is 10.2. The molecule has 0 bridgehead atoms. The fourth-order valence-electron chi connectivity index (χ4n) is 2.08. The van der Waals surface area contributed by atoms with Gasteiger partial charge >= 0.3 is 6.03 Å². The number of aromatic nitrogens is 1. The number of carbonyl (C=O) groups excluding carboxylic acids is 1. The Labute approximate surface area is 136 Å². The van der Waals surface area contributed by atoms with Gasteiger partial charge in [0.25, 0.3) is 0 Å². The van der Waals surface area contributed by atoms with Gasteiger partial charge in [-0.25, -0.2) is 22.9 Å². The number of carbonyl (C=O) groups is 1. The van der Waals surface area contributed by atoms with Crippen LogP contribution in [0.1, 0.15) is 21.1 Å². The van der Waals surface area contributed by atoms with Gasteiger partial charge in [-0.2, -0.15) is 0 Å². The van der Waals surface area contributed by atoms with Crippen molar-refractivity contribution >= 4 is 17.4 Å². The number of nitrogens with zero attached hydrogens (tertiary/aromatic N) is 2. The van der Waals surface area contributed by atoms with Gasteiger partial charge < -0.3 is 10.2 Å². The maximum Gasteiger partial charge on any atom is 0.317 e. The maximum absolute atomic E-state index is 13.2. The van der Waals surface area contributed by atoms with Crippen LogP contribution in [0.25, 0.3) is 0 Å². The van der Waals surface area contributed by atoms with E-state index < -0.39 is 23.5 Å². The monoisotopic (exact) mass is 343 g/mol. The summed E-state index contributed by atoms with van der Waals surface area (Å²) in [4.78, 5) is 18.6. The van der Waals surface area contributed by atoms with E-state index in [0.29, 0.717) is 0 Å². The smallest absolute Gasteiger partial charge is 0.317 e. The summed E-state index contributed by atoms with van der Waals surface area (Å²) < 4.78 is 39.2. The van der Waals surface area contributed by atoms with Crippen molar-refractivity contribution in [2.75, 3.05) is 7.05 Å². The summed E-state index contributed by atoms with van der Waals surface area (Å²) in [6, 6.07) is 1.33. The molecule has 0 radical (unpaired) electrons. The summed E-state index contributed by atoms with van der Waals surface area (Å²) in [6.45, 7) is 4.02. The zero-order chi connectivity index (χ0) is 17.1. The molecule has 0 aliphatic rings. The number of hydrogen-bond acceptors (Lipinski definition) is 3. The predicted octanol–water partition coefficient (Wildman–Crippen LogP) is 3.52. The number of benzene rings is 1. The highest BCUT2D eigenvalue weighted by Crippen LogP contribution is 2.17. The Morgan fingerprint density at radius 1 is 1.26 bits per heavy atom. The van der Waals surface area contributed by atoms with E-state index in [0.717, 1.165) is 27.7 Å². The third-order valence-corrected chi connectivity index (χ3v) is 4.15. The Hall–Kier alpha value is -2.09. The zero-order valence-electron chi connectivity index (χ0n) is 12.9. The lowest BCUT2D eigenvalue weighted by molar-refractivity contribution is 0.206. The molecule has 0 unspecified atom stereocenters. The molecule has 0 spiro atoms. The molecule has 0 saturated heterocycles. The summed E-state index contributed by atoms with van der Waals surface area (Å²) in [5.41, 5.74) is 0.952. The van der Waals surface area contributed by atoms with Crippen LogP contribution >= 0.6 is 11.3 Å². The van der Waals surface area contributed by atoms with Gasteiger partial charge in [0.1, 0.15) is 0 Å². The minimum atomic E-state index is -1.52. The summed E-state index contributed by atoms with van der Waals surface area (Å²) in [5.74, 6) is -4.07. The molecule has 1 heterocycles. The number of hydrogen-bond donors (Lipinski definition) is 1. The van der Waals surface area contributed by atoms with Gasteiger partial charge in [-0.05, 0) is 31.5 Å². The molecule has 4 nitrogen and oxygen atoms in total. The van der Waals surface area contributed by atoms with E-state index in [4.69, 9.17) is 0 Å². The molecule has 124 valence electrons. The van der Waals surface area contributed by atoms with Gasteiger partial charge in [0.2, 0.25) is 0 Å². The van der Waals surface area contributed by atoms with Crippen molar-refractivity contribution in [2.45, 2.75) is 26.9 Å². The first kappa shape index (κ1) is 17.3. The van der Waals surface area contributed by atoms with Crippen LogP contribution < -0.4 is 5.32 Å². The normalized spacial score (nSPS) is 10.7. The number of halogens is 3. The molecule has 0 saturated carbocycles. The van der Waals surface area contributed by atoms with Crippen LogP contribution in [0, 0.1) is 31.3 Å². The zero-order valence-corrected chi connectivity index (χ0v) is 13.7. The third kappa shape index (κ3) is 4.22. The second-order valence-corrected chi connectivity index (χ2v) is 6.53. The first-order valence-corrected chi connectivity index (χ1v) is 7.65. The topological polar surface area (TPSA) is 45.2 Å². The quantitative estimate of drug-likeness (QED) is 0.864. The van der Waals surface area contributed by atoms with Crippen LogP contribution in [0.3, 0.4) is 0 Å². The second kappa shape index (κ2) is 6.99. The van der Waals surface area contributed by atoms with Crippen molar-refractivity contribution in [1.29, 1.82) is 0 Å². The Bertz CT molecular complexity index is 710. The molecule has 1 aromatic heterocycles. The number of rotatable bonds is 4.